The average molecular weight is 473 g/mol. The number of aromatic amines is 1. The smallest absolute Gasteiger partial charge is 0.257 e. The molecule has 4 rings (SSSR count). The summed E-state index contributed by atoms with van der Waals surface area (Å²) in [6, 6.07) is 11.9. The maximum absolute atomic E-state index is 13.1. The zero-order valence-electron chi connectivity index (χ0n) is 21.2. The fourth-order valence-corrected chi connectivity index (χ4v) is 4.03. The molecule has 0 unspecified atom stereocenters. The van der Waals surface area contributed by atoms with Crippen LogP contribution < -0.4 is 9.64 Å². The molecule has 0 radical (unpaired) electrons. The minimum Gasteiger partial charge on any atom is -0.496 e. The molecule has 1 aromatic carbocycles. The zero-order chi connectivity index (χ0) is 25.1. The number of H-pyrrole nitrogens is 1. The highest BCUT2D eigenvalue weighted by molar-refractivity contribution is 6.01. The summed E-state index contributed by atoms with van der Waals surface area (Å²) in [4.78, 5) is 31.4. The summed E-state index contributed by atoms with van der Waals surface area (Å²) in [5.74, 6) is 1.38. The number of carbonyl (C=O) groups is 1. The summed E-state index contributed by atoms with van der Waals surface area (Å²) >= 11 is 0. The van der Waals surface area contributed by atoms with Gasteiger partial charge < -0.3 is 24.4 Å². The fourth-order valence-electron chi connectivity index (χ4n) is 4.03. The van der Waals surface area contributed by atoms with Crippen molar-refractivity contribution in [1.82, 2.24) is 24.8 Å². The van der Waals surface area contributed by atoms with Crippen molar-refractivity contribution in [2.75, 3.05) is 60.3 Å². The highest BCUT2D eigenvalue weighted by Crippen LogP contribution is 2.36. The standard InChI is InChI=1S/C27H32N6O2/c1-31(2)11-12-33(5)26-22(27(34)32(3)4)14-19(16-30-26)18-13-21-23(17-29-25(21)28-15-18)20-9-7-8-10-24(20)35-6/h7-10,13-17H,11-12H2,1-6H3,(H,28,29). The average Bonchev–Trinajstić information content (AvgIpc) is 3.29. The van der Waals surface area contributed by atoms with Crippen LogP contribution in [0.5, 0.6) is 5.75 Å². The first kappa shape index (κ1) is 24.2. The summed E-state index contributed by atoms with van der Waals surface area (Å²) in [6.45, 7) is 1.61. The van der Waals surface area contributed by atoms with Gasteiger partial charge in [-0.1, -0.05) is 18.2 Å². The van der Waals surface area contributed by atoms with Crippen molar-refractivity contribution in [1.29, 1.82) is 0 Å². The number of nitrogens with one attached hydrogen (secondary N) is 1. The predicted octanol–water partition coefficient (Wildman–Crippen LogP) is 4.00. The van der Waals surface area contributed by atoms with Crippen molar-refractivity contribution in [3.8, 4) is 28.0 Å². The molecule has 182 valence electrons. The number of hydrogen-bond acceptors (Lipinski definition) is 6. The first-order chi connectivity index (χ1) is 16.8. The van der Waals surface area contributed by atoms with Crippen LogP contribution in [0.3, 0.4) is 0 Å². The van der Waals surface area contributed by atoms with Gasteiger partial charge in [-0.3, -0.25) is 4.79 Å². The van der Waals surface area contributed by atoms with Gasteiger partial charge in [0.2, 0.25) is 0 Å². The second-order valence-electron chi connectivity index (χ2n) is 9.04. The Labute approximate surface area is 206 Å². The number of para-hydroxylation sites is 1. The number of fused-ring (bicyclic) bond motifs is 1. The number of anilines is 1. The van der Waals surface area contributed by atoms with Crippen LogP contribution in [0, 0.1) is 0 Å². The van der Waals surface area contributed by atoms with Crippen molar-refractivity contribution < 1.29 is 9.53 Å². The topological polar surface area (TPSA) is 77.6 Å². The maximum Gasteiger partial charge on any atom is 0.257 e. The Morgan fingerprint density at radius 3 is 2.37 bits per heavy atom. The van der Waals surface area contributed by atoms with Crippen LogP contribution in [0.15, 0.2) is 55.0 Å². The van der Waals surface area contributed by atoms with E-state index in [1.165, 1.54) is 0 Å². The number of ether oxygens (including phenoxy) is 1. The summed E-state index contributed by atoms with van der Waals surface area (Å²) in [5, 5.41) is 0.972. The number of rotatable bonds is 8. The molecule has 1 N–H and O–H groups in total. The van der Waals surface area contributed by atoms with E-state index in [1.54, 1.807) is 32.3 Å². The number of hydrogen-bond donors (Lipinski definition) is 1. The molecule has 3 aromatic heterocycles. The van der Waals surface area contributed by atoms with E-state index in [1.807, 2.05) is 68.8 Å². The summed E-state index contributed by atoms with van der Waals surface area (Å²) in [6.07, 6.45) is 5.56. The minimum absolute atomic E-state index is 0.0866. The Bertz CT molecular complexity index is 1340. The number of methoxy groups -OCH3 is 1. The number of pyridine rings is 2. The lowest BCUT2D eigenvalue weighted by atomic mass is 10.0. The molecule has 0 aliphatic heterocycles. The van der Waals surface area contributed by atoms with Crippen molar-refractivity contribution in [3.05, 3.63) is 60.6 Å². The first-order valence-corrected chi connectivity index (χ1v) is 11.5. The van der Waals surface area contributed by atoms with Crippen LogP contribution >= 0.6 is 0 Å². The highest BCUT2D eigenvalue weighted by atomic mass is 16.5. The number of aromatic nitrogens is 3. The number of benzene rings is 1. The molecule has 0 aliphatic rings. The van der Waals surface area contributed by atoms with Crippen molar-refractivity contribution in [2.45, 2.75) is 0 Å². The van der Waals surface area contributed by atoms with Gasteiger partial charge in [0.15, 0.2) is 0 Å². The van der Waals surface area contributed by atoms with Crippen LogP contribution in [-0.4, -0.2) is 86.1 Å². The normalized spacial score (nSPS) is 11.2. The Balaban J connectivity index is 1.79. The van der Waals surface area contributed by atoms with Gasteiger partial charge in [-0.25, -0.2) is 9.97 Å². The largest absolute Gasteiger partial charge is 0.496 e. The van der Waals surface area contributed by atoms with E-state index in [0.29, 0.717) is 11.4 Å². The summed E-state index contributed by atoms with van der Waals surface area (Å²) < 4.78 is 5.57. The van der Waals surface area contributed by atoms with Gasteiger partial charge in [-0.05, 0) is 32.3 Å². The summed E-state index contributed by atoms with van der Waals surface area (Å²) in [7, 11) is 11.2. The van der Waals surface area contributed by atoms with E-state index in [0.717, 1.165) is 52.1 Å². The van der Waals surface area contributed by atoms with Crippen molar-refractivity contribution >= 4 is 22.8 Å². The van der Waals surface area contributed by atoms with Crippen LogP contribution in [-0.2, 0) is 0 Å². The van der Waals surface area contributed by atoms with Gasteiger partial charge in [0, 0.05) is 80.5 Å². The molecular formula is C27H32N6O2. The molecule has 1 amide bonds. The molecule has 8 nitrogen and oxygen atoms in total. The monoisotopic (exact) mass is 472 g/mol. The minimum atomic E-state index is -0.0866. The van der Waals surface area contributed by atoms with Gasteiger partial charge in [0.05, 0.1) is 12.7 Å². The number of amides is 1. The third-order valence-electron chi connectivity index (χ3n) is 6.01. The molecule has 4 aromatic rings. The van der Waals surface area contributed by atoms with Crippen molar-refractivity contribution in [2.24, 2.45) is 0 Å². The van der Waals surface area contributed by atoms with Crippen LogP contribution in [0.25, 0.3) is 33.3 Å². The molecule has 0 saturated carbocycles. The molecule has 0 saturated heterocycles. The summed E-state index contributed by atoms with van der Waals surface area (Å²) in [5.41, 5.74) is 5.06. The van der Waals surface area contributed by atoms with E-state index in [2.05, 4.69) is 20.9 Å². The van der Waals surface area contributed by atoms with Gasteiger partial charge in [0.1, 0.15) is 17.2 Å². The molecule has 35 heavy (non-hydrogen) atoms. The maximum atomic E-state index is 13.1. The molecule has 3 heterocycles. The Morgan fingerprint density at radius 1 is 0.943 bits per heavy atom. The van der Waals surface area contributed by atoms with E-state index in [-0.39, 0.29) is 5.91 Å². The SMILES string of the molecule is COc1ccccc1-c1c[nH]c2ncc(-c3cnc(N(C)CCN(C)C)c(C(=O)N(C)C)c3)cc12. The van der Waals surface area contributed by atoms with Crippen LogP contribution in [0.4, 0.5) is 5.82 Å². The Morgan fingerprint density at radius 2 is 1.66 bits per heavy atom. The zero-order valence-corrected chi connectivity index (χ0v) is 21.2. The fraction of sp³-hybridized carbons (Fsp3) is 0.296. The quantitative estimate of drug-likeness (QED) is 0.418. The van der Waals surface area contributed by atoms with Gasteiger partial charge in [-0.15, -0.1) is 0 Å². The Kier molecular flexibility index (Phi) is 7.02. The number of likely N-dealkylation sites (N-methyl/N-ethyl adjacent to an activating group) is 2. The van der Waals surface area contributed by atoms with E-state index < -0.39 is 0 Å². The predicted molar refractivity (Wildman–Crippen MR) is 141 cm³/mol. The molecular weight excluding hydrogens is 440 g/mol. The van der Waals surface area contributed by atoms with E-state index >= 15 is 0 Å². The lowest BCUT2D eigenvalue weighted by Crippen LogP contribution is -2.31. The molecule has 0 fully saturated rings. The van der Waals surface area contributed by atoms with Crippen LogP contribution in [0.2, 0.25) is 0 Å². The second-order valence-corrected chi connectivity index (χ2v) is 9.04. The van der Waals surface area contributed by atoms with E-state index in [9.17, 15) is 4.79 Å². The third kappa shape index (κ3) is 4.97. The van der Waals surface area contributed by atoms with Gasteiger partial charge >= 0.3 is 0 Å². The molecule has 8 heteroatoms. The molecule has 0 atom stereocenters. The number of nitrogens with zero attached hydrogens (tertiary/aromatic N) is 5. The molecule has 0 spiro atoms. The second kappa shape index (κ2) is 10.1. The number of carbonyl (C=O) groups excluding carboxylic acids is 1. The molecule has 0 bridgehead atoms. The Hall–Kier alpha value is -3.91. The first-order valence-electron chi connectivity index (χ1n) is 11.5. The van der Waals surface area contributed by atoms with E-state index in [4.69, 9.17) is 9.72 Å². The van der Waals surface area contributed by atoms with Gasteiger partial charge in [-0.2, -0.15) is 0 Å². The van der Waals surface area contributed by atoms with Crippen LogP contribution in [0.1, 0.15) is 10.4 Å². The highest BCUT2D eigenvalue weighted by Gasteiger charge is 2.20. The lowest BCUT2D eigenvalue weighted by molar-refractivity contribution is 0.0828. The lowest BCUT2D eigenvalue weighted by Gasteiger charge is -2.24. The molecule has 0 aliphatic carbocycles. The van der Waals surface area contributed by atoms with Gasteiger partial charge in [0.25, 0.3) is 5.91 Å². The van der Waals surface area contributed by atoms with Crippen molar-refractivity contribution in [3.63, 3.8) is 0 Å². The third-order valence-corrected chi connectivity index (χ3v) is 6.01.